The van der Waals surface area contributed by atoms with E-state index in [0.29, 0.717) is 24.3 Å². The molecule has 0 radical (unpaired) electrons. The molecule has 3 amide bonds. The van der Waals surface area contributed by atoms with E-state index < -0.39 is 41.5 Å². The molecule has 4 aromatic rings. The number of esters is 1. The maximum Gasteiger partial charge on any atom is 0.408 e. The number of aromatic amines is 1. The van der Waals surface area contributed by atoms with Crippen molar-refractivity contribution < 1.29 is 33.1 Å². The summed E-state index contributed by atoms with van der Waals surface area (Å²) in [7, 11) is 0. The third-order valence-electron chi connectivity index (χ3n) is 9.92. The number of hydrogen-bond acceptors (Lipinski definition) is 9. The van der Waals surface area contributed by atoms with Gasteiger partial charge in [0, 0.05) is 17.5 Å². The molecular formula is C38H47ClN6O7. The fourth-order valence-electron chi connectivity index (χ4n) is 6.50. The van der Waals surface area contributed by atoms with Crippen LogP contribution < -0.4 is 16.0 Å². The Morgan fingerprint density at radius 2 is 1.73 bits per heavy atom. The number of rotatable bonds is 14. The molecule has 278 valence electrons. The van der Waals surface area contributed by atoms with Crippen molar-refractivity contribution in [2.24, 2.45) is 11.8 Å². The fraction of sp³-hybridized carbons (Fsp3) is 0.474. The van der Waals surface area contributed by atoms with Crippen molar-refractivity contribution in [3.63, 3.8) is 0 Å². The molecule has 0 fully saturated rings. The molecule has 2 heterocycles. The first-order valence-electron chi connectivity index (χ1n) is 17.8. The van der Waals surface area contributed by atoms with Crippen LogP contribution in [-0.4, -0.2) is 57.2 Å². The van der Waals surface area contributed by atoms with E-state index in [0.717, 1.165) is 33.3 Å². The van der Waals surface area contributed by atoms with Crippen LogP contribution in [0.15, 0.2) is 46.9 Å². The average molecular weight is 735 g/mol. The summed E-state index contributed by atoms with van der Waals surface area (Å²) in [5.41, 5.74) is 2.83. The predicted octanol–water partition coefficient (Wildman–Crippen LogP) is 6.28. The number of ether oxygens (including phenoxy) is 2. The number of amides is 3. The Morgan fingerprint density at radius 3 is 2.42 bits per heavy atom. The van der Waals surface area contributed by atoms with Crippen LogP contribution in [0.5, 0.6) is 0 Å². The van der Waals surface area contributed by atoms with Crippen LogP contribution in [0.3, 0.4) is 0 Å². The summed E-state index contributed by atoms with van der Waals surface area (Å²) in [5, 5.41) is 18.3. The number of fused-ring (bicyclic) bond motifs is 3. The van der Waals surface area contributed by atoms with Crippen LogP contribution in [-0.2, 0) is 38.5 Å². The molecule has 1 aliphatic rings. The highest BCUT2D eigenvalue weighted by atomic mass is 35.5. The van der Waals surface area contributed by atoms with Crippen LogP contribution in [0.2, 0.25) is 5.02 Å². The predicted molar refractivity (Wildman–Crippen MR) is 195 cm³/mol. The van der Waals surface area contributed by atoms with E-state index in [2.05, 4.69) is 31.1 Å². The maximum absolute atomic E-state index is 14.8. The number of nitrogens with one attached hydrogen (secondary N) is 4. The molecule has 13 nitrogen and oxygen atoms in total. The van der Waals surface area contributed by atoms with E-state index in [1.165, 1.54) is 0 Å². The van der Waals surface area contributed by atoms with Gasteiger partial charge in [0.05, 0.1) is 17.1 Å². The molecule has 0 spiro atoms. The van der Waals surface area contributed by atoms with E-state index >= 15 is 0 Å². The highest BCUT2D eigenvalue weighted by Gasteiger charge is 2.47. The summed E-state index contributed by atoms with van der Waals surface area (Å²) in [6.07, 6.45) is 1.23. The third kappa shape index (κ3) is 8.41. The highest BCUT2D eigenvalue weighted by Crippen LogP contribution is 2.38. The normalized spacial score (nSPS) is 17.7. The molecule has 2 unspecified atom stereocenters. The van der Waals surface area contributed by atoms with E-state index in [-0.39, 0.29) is 49.7 Å². The second kappa shape index (κ2) is 16.6. The molecule has 0 saturated heterocycles. The number of hydrogen-bond donors (Lipinski definition) is 4. The van der Waals surface area contributed by atoms with Gasteiger partial charge in [-0.2, -0.15) is 0 Å². The lowest BCUT2D eigenvalue weighted by Crippen LogP contribution is -2.65. The summed E-state index contributed by atoms with van der Waals surface area (Å²) < 4.78 is 16.2. The summed E-state index contributed by atoms with van der Waals surface area (Å²) in [5.74, 6) is -2.55. The summed E-state index contributed by atoms with van der Waals surface area (Å²) in [6, 6.07) is 11.3. The van der Waals surface area contributed by atoms with Gasteiger partial charge >= 0.3 is 18.0 Å². The lowest BCUT2D eigenvalue weighted by atomic mass is 9.78. The molecule has 0 saturated carbocycles. The Hall–Kier alpha value is -4.91. The largest absolute Gasteiger partial charge is 0.459 e. The molecule has 0 aliphatic heterocycles. The Morgan fingerprint density at radius 1 is 1.00 bits per heavy atom. The van der Waals surface area contributed by atoms with Crippen LogP contribution in [0.4, 0.5) is 4.79 Å². The second-order valence-electron chi connectivity index (χ2n) is 13.6. The highest BCUT2D eigenvalue weighted by molar-refractivity contribution is 6.35. The van der Waals surface area contributed by atoms with Crippen LogP contribution in [0, 0.1) is 18.8 Å². The van der Waals surface area contributed by atoms with Crippen molar-refractivity contribution in [2.75, 3.05) is 6.61 Å². The maximum atomic E-state index is 14.8. The second-order valence-corrected chi connectivity index (χ2v) is 14.0. The number of nitrogens with zero attached hydrogens (tertiary/aromatic N) is 2. The van der Waals surface area contributed by atoms with Gasteiger partial charge in [-0.15, -0.1) is 10.2 Å². The van der Waals surface area contributed by atoms with Gasteiger partial charge in [0.15, 0.2) is 0 Å². The monoisotopic (exact) mass is 734 g/mol. The topological polar surface area (TPSA) is 178 Å². The fourth-order valence-corrected chi connectivity index (χ4v) is 6.82. The number of aromatic nitrogens is 3. The quantitative estimate of drug-likeness (QED) is 0.109. The molecule has 0 bridgehead atoms. The summed E-state index contributed by atoms with van der Waals surface area (Å²) in [6.45, 7) is 11.4. The van der Waals surface area contributed by atoms with Crippen LogP contribution >= 0.6 is 11.6 Å². The zero-order valence-electron chi connectivity index (χ0n) is 30.4. The van der Waals surface area contributed by atoms with Gasteiger partial charge in [0.25, 0.3) is 0 Å². The summed E-state index contributed by atoms with van der Waals surface area (Å²) >= 11 is 6.65. The Kier molecular flexibility index (Phi) is 12.2. The molecular weight excluding hydrogens is 688 g/mol. The van der Waals surface area contributed by atoms with Gasteiger partial charge in [-0.3, -0.25) is 9.59 Å². The molecule has 1 aliphatic carbocycles. The number of alkyl carbamates (subject to hydrolysis) is 1. The van der Waals surface area contributed by atoms with Crippen molar-refractivity contribution in [3.8, 4) is 0 Å². The Bertz CT molecular complexity index is 1910. The van der Waals surface area contributed by atoms with Crippen molar-refractivity contribution >= 4 is 46.4 Å². The van der Waals surface area contributed by atoms with E-state index in [1.54, 1.807) is 6.92 Å². The zero-order chi connectivity index (χ0) is 37.6. The zero-order valence-corrected chi connectivity index (χ0v) is 31.2. The number of carbonyl (C=O) groups excluding carboxylic acids is 4. The van der Waals surface area contributed by atoms with E-state index in [9.17, 15) is 19.2 Å². The lowest BCUT2D eigenvalue weighted by Gasteiger charge is -2.39. The average Bonchev–Trinajstić information content (AvgIpc) is 3.77. The van der Waals surface area contributed by atoms with E-state index in [4.69, 9.17) is 25.5 Å². The molecule has 14 heteroatoms. The standard InChI is InChI=1S/C38H47ClN6O7/c1-7-22(5)29(42-37(49)51-20-24-13-11-10-12-14-24)32(46)43-38(16-15-28-26(19-38)25-17-21(4)18-27(39)31(25)40-28)36(48)41-30(23(6)8-2)33-44-45-34(52-33)35(47)50-9-3/h10-14,17-18,22-23,29-30,40H,7-9,15-16,19-20H2,1-6H3,(H,41,48)(H,42,49)(H,43,46)/t22?,23?,29-,30-,38+/m0/s1. The van der Waals surface area contributed by atoms with Crippen LogP contribution in [0.25, 0.3) is 10.9 Å². The minimum atomic E-state index is -1.47. The number of aryl methyl sites for hydroxylation is 2. The lowest BCUT2D eigenvalue weighted by molar-refractivity contribution is -0.136. The molecule has 2 aromatic carbocycles. The van der Waals surface area contributed by atoms with Gasteiger partial charge < -0.3 is 34.8 Å². The van der Waals surface area contributed by atoms with Crippen molar-refractivity contribution in [1.82, 2.24) is 31.1 Å². The molecule has 4 N–H and O–H groups in total. The van der Waals surface area contributed by atoms with Gasteiger partial charge in [-0.25, -0.2) is 9.59 Å². The smallest absolute Gasteiger partial charge is 0.408 e. The minimum Gasteiger partial charge on any atom is -0.459 e. The molecule has 5 atom stereocenters. The minimum absolute atomic E-state index is 0.0315. The third-order valence-corrected chi connectivity index (χ3v) is 10.2. The molecule has 52 heavy (non-hydrogen) atoms. The van der Waals surface area contributed by atoms with E-state index in [1.807, 2.05) is 77.1 Å². The first kappa shape index (κ1) is 38.3. The molecule has 2 aromatic heterocycles. The number of benzene rings is 2. The Labute approximate surface area is 307 Å². The van der Waals surface area contributed by atoms with Crippen molar-refractivity contribution in [2.45, 2.75) is 97.9 Å². The first-order chi connectivity index (χ1) is 24.9. The number of H-pyrrole nitrogens is 1. The van der Waals surface area contributed by atoms with Crippen LogP contribution in [0.1, 0.15) is 98.9 Å². The molecule has 5 rings (SSSR count). The SMILES string of the molecule is CCOC(=O)c1nnc([C@@H](NC(=O)[C@@]2(NC(=O)[C@@H](NC(=O)OCc3ccccc3)C(C)CC)CCc3[nH]c4c(Cl)cc(C)cc4c3C2)C(C)CC)o1. The van der Waals surface area contributed by atoms with Crippen molar-refractivity contribution in [3.05, 3.63) is 81.7 Å². The van der Waals surface area contributed by atoms with Gasteiger partial charge in [0.2, 0.25) is 17.7 Å². The summed E-state index contributed by atoms with van der Waals surface area (Å²) in [4.78, 5) is 58.0. The Balaban J connectivity index is 1.48. The number of halogens is 1. The number of carbonyl (C=O) groups is 4. The van der Waals surface area contributed by atoms with Gasteiger partial charge in [0.1, 0.15) is 24.2 Å². The van der Waals surface area contributed by atoms with Crippen molar-refractivity contribution in [1.29, 1.82) is 0 Å². The van der Waals surface area contributed by atoms with Gasteiger partial charge in [-0.05, 0) is 67.3 Å². The van der Waals surface area contributed by atoms with Gasteiger partial charge in [-0.1, -0.05) is 82.5 Å². The first-order valence-corrected chi connectivity index (χ1v) is 18.2.